The van der Waals surface area contributed by atoms with Crippen molar-refractivity contribution in [3.63, 3.8) is 0 Å². The summed E-state index contributed by atoms with van der Waals surface area (Å²) in [5.41, 5.74) is 2.35. The van der Waals surface area contributed by atoms with Gasteiger partial charge >= 0.3 is 0 Å². The lowest BCUT2D eigenvalue weighted by molar-refractivity contribution is 0.209. The third-order valence-electron chi connectivity index (χ3n) is 0.321. The zero-order chi connectivity index (χ0) is 6.62. The molecule has 0 fully saturated rings. The predicted molar refractivity (Wildman–Crippen MR) is 37.1 cm³/mol. The van der Waals surface area contributed by atoms with E-state index in [9.17, 15) is 0 Å². The van der Waals surface area contributed by atoms with Crippen LogP contribution in [0.3, 0.4) is 0 Å². The molecule has 0 aliphatic rings. The first kappa shape index (κ1) is 8.82. The van der Waals surface area contributed by atoms with E-state index in [2.05, 4.69) is 21.9 Å². The molecule has 0 rings (SSSR count). The monoisotopic (exact) mass is 175 g/mol. The molecule has 50 valence electrons. The summed E-state index contributed by atoms with van der Waals surface area (Å²) < 4.78 is 4.38. The normalized spacial score (nSPS) is 17.9. The second kappa shape index (κ2) is 3.77. The molecule has 6 heteroatoms. The van der Waals surface area contributed by atoms with E-state index in [1.54, 1.807) is 0 Å². The van der Waals surface area contributed by atoms with Crippen LogP contribution in [0.25, 0.3) is 0 Å². The zero-order valence-corrected chi connectivity index (χ0v) is 6.76. The Morgan fingerprint density at radius 3 is 2.62 bits per heavy atom. The van der Waals surface area contributed by atoms with Crippen molar-refractivity contribution in [1.82, 2.24) is 5.48 Å². The summed E-state index contributed by atoms with van der Waals surface area (Å²) in [4.78, 5) is 8.56. The van der Waals surface area contributed by atoms with E-state index in [1.165, 1.54) is 0 Å². The lowest BCUT2D eigenvalue weighted by Gasteiger charge is -2.04. The highest BCUT2D eigenvalue weighted by Crippen LogP contribution is 2.46. The van der Waals surface area contributed by atoms with E-state index >= 15 is 0 Å². The molecule has 0 heterocycles. The second-order valence-electron chi connectivity index (χ2n) is 1.04. The highest BCUT2D eigenvalue weighted by atomic mass is 35.7. The van der Waals surface area contributed by atoms with Gasteiger partial charge in [-0.1, -0.05) is 6.92 Å². The van der Waals surface area contributed by atoms with Crippen LogP contribution in [-0.2, 0) is 16.4 Å². The first-order chi connectivity index (χ1) is 3.56. The van der Waals surface area contributed by atoms with Gasteiger partial charge in [-0.15, -0.1) is 0 Å². The number of hydrogen-bond donors (Lipinski definition) is 2. The van der Waals surface area contributed by atoms with Crippen LogP contribution in [0.2, 0.25) is 0 Å². The molecule has 2 N–H and O–H groups in total. The standard InChI is InChI=1S/C2H7ClNO2PS/c1-2-4-6-7(3,5)8/h4H,2H2,1H3,(H,5,8). The summed E-state index contributed by atoms with van der Waals surface area (Å²) in [6, 6.07) is 0. The van der Waals surface area contributed by atoms with Gasteiger partial charge < -0.3 is 4.89 Å². The maximum absolute atomic E-state index is 8.56. The molecule has 0 aromatic heterocycles. The molecular formula is C2H7ClNO2PS. The van der Waals surface area contributed by atoms with E-state index in [0.29, 0.717) is 6.54 Å². The van der Waals surface area contributed by atoms with Crippen molar-refractivity contribution in [2.24, 2.45) is 0 Å². The van der Waals surface area contributed by atoms with Crippen molar-refractivity contribution < 1.29 is 9.52 Å². The minimum Gasteiger partial charge on any atom is -0.333 e. The largest absolute Gasteiger partial charge is 0.333 e. The van der Waals surface area contributed by atoms with E-state index in [1.807, 2.05) is 6.92 Å². The topological polar surface area (TPSA) is 41.5 Å². The summed E-state index contributed by atoms with van der Waals surface area (Å²) in [6.45, 7) is 2.38. The first-order valence-electron chi connectivity index (χ1n) is 2.00. The Morgan fingerprint density at radius 1 is 2.00 bits per heavy atom. The Hall–Kier alpha value is 0.820. The molecule has 0 aliphatic carbocycles. The minimum absolute atomic E-state index is 0.575. The molecule has 3 nitrogen and oxygen atoms in total. The molecule has 0 aromatic carbocycles. The van der Waals surface area contributed by atoms with Crippen LogP contribution in [0.1, 0.15) is 6.92 Å². The average molecular weight is 176 g/mol. The molecule has 8 heavy (non-hydrogen) atoms. The van der Waals surface area contributed by atoms with Crippen LogP contribution < -0.4 is 5.48 Å². The van der Waals surface area contributed by atoms with E-state index in [-0.39, 0.29) is 0 Å². The minimum atomic E-state index is -2.99. The van der Waals surface area contributed by atoms with Crippen molar-refractivity contribution in [2.45, 2.75) is 6.92 Å². The highest BCUT2D eigenvalue weighted by Gasteiger charge is 2.05. The summed E-state index contributed by atoms with van der Waals surface area (Å²) in [7, 11) is 0. The van der Waals surface area contributed by atoms with Crippen molar-refractivity contribution in [1.29, 1.82) is 0 Å². The van der Waals surface area contributed by atoms with Crippen molar-refractivity contribution in [2.75, 3.05) is 6.54 Å². The molecule has 0 saturated carbocycles. The van der Waals surface area contributed by atoms with Crippen LogP contribution in [0.5, 0.6) is 0 Å². The van der Waals surface area contributed by atoms with Crippen LogP contribution in [0, 0.1) is 0 Å². The van der Waals surface area contributed by atoms with Crippen molar-refractivity contribution in [3.05, 3.63) is 0 Å². The molecule has 1 unspecified atom stereocenters. The number of hydroxylamine groups is 1. The predicted octanol–water partition coefficient (Wildman–Crippen LogP) is 0.983. The first-order valence-corrected chi connectivity index (χ1v) is 5.58. The maximum atomic E-state index is 8.56. The quantitative estimate of drug-likeness (QED) is 0.496. The number of halogens is 1. The Bertz CT molecular complexity index is 104. The van der Waals surface area contributed by atoms with Gasteiger partial charge in [0.05, 0.1) is 0 Å². The molecule has 0 bridgehead atoms. The van der Waals surface area contributed by atoms with Gasteiger partial charge in [0, 0.05) is 6.54 Å². The fraction of sp³-hybridized carbons (Fsp3) is 1.00. The van der Waals surface area contributed by atoms with E-state index in [0.717, 1.165) is 0 Å². The van der Waals surface area contributed by atoms with E-state index < -0.39 is 5.84 Å². The van der Waals surface area contributed by atoms with Crippen LogP contribution in [0.15, 0.2) is 0 Å². The van der Waals surface area contributed by atoms with Gasteiger partial charge in [0.25, 0.3) is 5.84 Å². The van der Waals surface area contributed by atoms with Gasteiger partial charge in [-0.2, -0.15) is 5.48 Å². The summed E-state index contributed by atoms with van der Waals surface area (Å²) in [6.07, 6.45) is 0. The number of nitrogens with one attached hydrogen (secondary N) is 1. The highest BCUT2D eigenvalue weighted by molar-refractivity contribution is 8.21. The third kappa shape index (κ3) is 6.82. The van der Waals surface area contributed by atoms with Gasteiger partial charge in [-0.25, -0.2) is 4.62 Å². The van der Waals surface area contributed by atoms with Gasteiger partial charge in [0.15, 0.2) is 0 Å². The Labute approximate surface area is 57.9 Å². The summed E-state index contributed by atoms with van der Waals surface area (Å²) >= 11 is 9.41. The van der Waals surface area contributed by atoms with Gasteiger partial charge in [0.2, 0.25) is 0 Å². The molecule has 0 radical (unpaired) electrons. The molecular weight excluding hydrogens is 169 g/mol. The molecule has 1 atom stereocenters. The third-order valence-corrected chi connectivity index (χ3v) is 1.11. The van der Waals surface area contributed by atoms with Crippen molar-refractivity contribution >= 4 is 28.9 Å². The van der Waals surface area contributed by atoms with Crippen LogP contribution in [0.4, 0.5) is 0 Å². The Balaban J connectivity index is 3.26. The molecule has 0 amide bonds. The van der Waals surface area contributed by atoms with E-state index in [4.69, 9.17) is 16.1 Å². The molecule has 0 saturated heterocycles. The number of hydrogen-bond acceptors (Lipinski definition) is 3. The van der Waals surface area contributed by atoms with Gasteiger partial charge in [-0.3, -0.25) is 0 Å². The fourth-order valence-corrected chi connectivity index (χ4v) is 0.737. The van der Waals surface area contributed by atoms with Crippen LogP contribution in [-0.4, -0.2) is 11.4 Å². The lowest BCUT2D eigenvalue weighted by atomic mass is 10.8. The zero-order valence-electron chi connectivity index (χ0n) is 4.30. The molecule has 0 spiro atoms. The van der Waals surface area contributed by atoms with Gasteiger partial charge in [0.1, 0.15) is 0 Å². The molecule has 0 aliphatic heterocycles. The smallest absolute Gasteiger partial charge is 0.295 e. The summed E-state index contributed by atoms with van der Waals surface area (Å²) in [5, 5.41) is 0. The average Bonchev–Trinajstić information content (AvgIpc) is 1.59. The number of rotatable bonds is 3. The second-order valence-corrected chi connectivity index (χ2v) is 5.59. The Kier molecular flexibility index (Phi) is 4.16. The van der Waals surface area contributed by atoms with Gasteiger partial charge in [-0.05, 0) is 23.0 Å². The lowest BCUT2D eigenvalue weighted by Crippen LogP contribution is -2.09. The maximum Gasteiger partial charge on any atom is 0.295 e. The molecule has 0 aromatic rings. The Morgan fingerprint density at radius 2 is 2.50 bits per heavy atom. The fourth-order valence-electron chi connectivity index (χ4n) is 0.144. The van der Waals surface area contributed by atoms with Crippen molar-refractivity contribution in [3.8, 4) is 0 Å². The van der Waals surface area contributed by atoms with Crippen LogP contribution >= 0.6 is 17.1 Å². The SMILES string of the molecule is CCNOP(O)(=S)Cl. The summed E-state index contributed by atoms with van der Waals surface area (Å²) in [5.74, 6) is -2.99.